The number of aryl methyl sites for hydroxylation is 1. The lowest BCUT2D eigenvalue weighted by atomic mass is 10.2. The summed E-state index contributed by atoms with van der Waals surface area (Å²) in [5, 5.41) is 9.73. The number of ether oxygens (including phenoxy) is 2. The fraction of sp³-hybridized carbons (Fsp3) is 0.353. The number of carbonyl (C=O) groups is 1. The molecule has 0 radical (unpaired) electrons. The number of aromatic nitrogens is 2. The van der Waals surface area contributed by atoms with E-state index in [1.807, 2.05) is 6.92 Å². The van der Waals surface area contributed by atoms with Gasteiger partial charge in [-0.15, -0.1) is 0 Å². The normalized spacial score (nSPS) is 10.4. The summed E-state index contributed by atoms with van der Waals surface area (Å²) in [5.74, 6) is 0.199. The monoisotopic (exact) mass is 346 g/mol. The van der Waals surface area contributed by atoms with Crippen LogP contribution in [0.1, 0.15) is 17.3 Å². The van der Waals surface area contributed by atoms with Gasteiger partial charge in [0, 0.05) is 32.0 Å². The lowest BCUT2D eigenvalue weighted by molar-refractivity contribution is 0.0937. The molecule has 8 nitrogen and oxygen atoms in total. The Morgan fingerprint density at radius 3 is 2.64 bits per heavy atom. The van der Waals surface area contributed by atoms with Crippen LogP contribution in [-0.2, 0) is 11.8 Å². The van der Waals surface area contributed by atoms with E-state index in [4.69, 9.17) is 9.47 Å². The number of hydrogen-bond donors (Lipinski definition) is 2. The van der Waals surface area contributed by atoms with Gasteiger partial charge in [0.25, 0.3) is 11.5 Å². The minimum atomic E-state index is -0.299. The highest BCUT2D eigenvalue weighted by Crippen LogP contribution is 2.23. The molecular formula is C17H22N4O4. The standard InChI is InChI=1S/C17H22N4O4/c1-4-25-14-11-19-21(2)17(23)15(14)20-13-7-5-12(6-8-13)16(22)18-9-10-24-3/h5-8,11,20H,4,9-10H2,1-3H3,(H,18,22). The zero-order chi connectivity index (χ0) is 18.2. The van der Waals surface area contributed by atoms with Gasteiger partial charge in [-0.3, -0.25) is 9.59 Å². The minimum absolute atomic E-state index is 0.182. The summed E-state index contributed by atoms with van der Waals surface area (Å²) in [6, 6.07) is 6.80. The fourth-order valence-corrected chi connectivity index (χ4v) is 2.12. The Hall–Kier alpha value is -2.87. The second kappa shape index (κ2) is 8.84. The van der Waals surface area contributed by atoms with Gasteiger partial charge in [0.2, 0.25) is 0 Å². The van der Waals surface area contributed by atoms with Gasteiger partial charge in [0.1, 0.15) is 0 Å². The molecule has 0 bridgehead atoms. The number of nitrogens with zero attached hydrogens (tertiary/aromatic N) is 2. The molecule has 8 heteroatoms. The van der Waals surface area contributed by atoms with E-state index >= 15 is 0 Å². The van der Waals surface area contributed by atoms with Crippen molar-refractivity contribution >= 4 is 17.3 Å². The maximum absolute atomic E-state index is 12.3. The number of nitrogens with one attached hydrogen (secondary N) is 2. The highest BCUT2D eigenvalue weighted by atomic mass is 16.5. The number of methoxy groups -OCH3 is 1. The minimum Gasteiger partial charge on any atom is -0.490 e. The van der Waals surface area contributed by atoms with Crippen LogP contribution in [0.2, 0.25) is 0 Å². The molecule has 25 heavy (non-hydrogen) atoms. The molecule has 1 aromatic carbocycles. The van der Waals surface area contributed by atoms with Crippen molar-refractivity contribution in [3.63, 3.8) is 0 Å². The first-order valence-corrected chi connectivity index (χ1v) is 7.90. The molecule has 1 amide bonds. The van der Waals surface area contributed by atoms with Crippen molar-refractivity contribution in [1.29, 1.82) is 0 Å². The Morgan fingerprint density at radius 2 is 2.00 bits per heavy atom. The smallest absolute Gasteiger partial charge is 0.294 e. The van der Waals surface area contributed by atoms with Gasteiger partial charge in [-0.05, 0) is 31.2 Å². The largest absolute Gasteiger partial charge is 0.490 e. The second-order valence-electron chi connectivity index (χ2n) is 5.20. The summed E-state index contributed by atoms with van der Waals surface area (Å²) in [4.78, 5) is 24.2. The molecule has 2 rings (SSSR count). The number of benzene rings is 1. The van der Waals surface area contributed by atoms with Gasteiger partial charge in [-0.2, -0.15) is 5.10 Å². The van der Waals surface area contributed by atoms with Crippen molar-refractivity contribution in [2.45, 2.75) is 6.92 Å². The van der Waals surface area contributed by atoms with E-state index in [0.717, 1.165) is 0 Å². The molecule has 0 saturated carbocycles. The van der Waals surface area contributed by atoms with Gasteiger partial charge in [-0.25, -0.2) is 4.68 Å². The van der Waals surface area contributed by atoms with Crippen LogP contribution in [0.4, 0.5) is 11.4 Å². The summed E-state index contributed by atoms with van der Waals surface area (Å²) >= 11 is 0. The third-order valence-electron chi connectivity index (χ3n) is 3.41. The van der Waals surface area contributed by atoms with Gasteiger partial charge in [0.05, 0.1) is 19.4 Å². The lowest BCUT2D eigenvalue weighted by Crippen LogP contribution is -2.26. The SMILES string of the molecule is CCOc1cnn(C)c(=O)c1Nc1ccc(C(=O)NCCOC)cc1. The molecule has 2 aromatic rings. The summed E-state index contributed by atoms with van der Waals surface area (Å²) in [5.41, 5.74) is 1.19. The van der Waals surface area contributed by atoms with Crippen LogP contribution in [0.15, 0.2) is 35.3 Å². The van der Waals surface area contributed by atoms with Crippen LogP contribution in [0.3, 0.4) is 0 Å². The molecule has 1 aromatic heterocycles. The Bertz CT molecular complexity index is 771. The Morgan fingerprint density at radius 1 is 1.28 bits per heavy atom. The van der Waals surface area contributed by atoms with Crippen LogP contribution in [0.5, 0.6) is 5.75 Å². The molecule has 0 aliphatic rings. The van der Waals surface area contributed by atoms with Crippen LogP contribution >= 0.6 is 0 Å². The summed E-state index contributed by atoms with van der Waals surface area (Å²) in [6.45, 7) is 3.15. The zero-order valence-corrected chi connectivity index (χ0v) is 14.5. The van der Waals surface area contributed by atoms with Crippen molar-refractivity contribution in [3.05, 3.63) is 46.4 Å². The maximum Gasteiger partial charge on any atom is 0.294 e. The first-order valence-electron chi connectivity index (χ1n) is 7.90. The Labute approximate surface area is 145 Å². The van der Waals surface area contributed by atoms with E-state index in [9.17, 15) is 9.59 Å². The molecule has 0 unspecified atom stereocenters. The van der Waals surface area contributed by atoms with E-state index in [1.54, 1.807) is 38.4 Å². The van der Waals surface area contributed by atoms with Crippen molar-refractivity contribution in [2.75, 3.05) is 32.2 Å². The number of amides is 1. The van der Waals surface area contributed by atoms with Crippen molar-refractivity contribution in [2.24, 2.45) is 7.05 Å². The van der Waals surface area contributed by atoms with Crippen molar-refractivity contribution in [3.8, 4) is 5.75 Å². The number of anilines is 2. The summed E-state index contributed by atoms with van der Waals surface area (Å²) in [7, 11) is 3.14. The molecule has 1 heterocycles. The number of hydrogen-bond acceptors (Lipinski definition) is 6. The van der Waals surface area contributed by atoms with Gasteiger partial charge < -0.3 is 20.1 Å². The maximum atomic E-state index is 12.3. The molecule has 2 N–H and O–H groups in total. The van der Waals surface area contributed by atoms with Gasteiger partial charge >= 0.3 is 0 Å². The molecule has 134 valence electrons. The molecule has 0 atom stereocenters. The van der Waals surface area contributed by atoms with E-state index in [0.29, 0.717) is 42.4 Å². The average molecular weight is 346 g/mol. The molecule has 0 aliphatic heterocycles. The van der Waals surface area contributed by atoms with Crippen LogP contribution in [-0.4, -0.2) is 42.6 Å². The van der Waals surface area contributed by atoms with E-state index < -0.39 is 0 Å². The predicted octanol–water partition coefficient (Wildman–Crippen LogP) is 1.30. The topological polar surface area (TPSA) is 94.5 Å². The van der Waals surface area contributed by atoms with Crippen LogP contribution < -0.4 is 20.9 Å². The molecule has 0 aliphatic carbocycles. The highest BCUT2D eigenvalue weighted by Gasteiger charge is 2.12. The van der Waals surface area contributed by atoms with E-state index in [-0.39, 0.29) is 11.5 Å². The third-order valence-corrected chi connectivity index (χ3v) is 3.41. The average Bonchev–Trinajstić information content (AvgIpc) is 2.62. The Kier molecular flexibility index (Phi) is 6.53. The molecular weight excluding hydrogens is 324 g/mol. The first kappa shape index (κ1) is 18.5. The summed E-state index contributed by atoms with van der Waals surface area (Å²) in [6.07, 6.45) is 1.49. The molecule has 0 spiro atoms. The van der Waals surface area contributed by atoms with Gasteiger partial charge in [0.15, 0.2) is 11.4 Å². The molecule has 0 fully saturated rings. The quantitative estimate of drug-likeness (QED) is 0.700. The van der Waals surface area contributed by atoms with Crippen molar-refractivity contribution < 1.29 is 14.3 Å². The van der Waals surface area contributed by atoms with Crippen LogP contribution in [0, 0.1) is 0 Å². The third kappa shape index (κ3) is 4.80. The Balaban J connectivity index is 2.15. The lowest BCUT2D eigenvalue weighted by Gasteiger charge is -2.12. The highest BCUT2D eigenvalue weighted by molar-refractivity contribution is 5.94. The van der Waals surface area contributed by atoms with Crippen molar-refractivity contribution in [1.82, 2.24) is 15.1 Å². The molecule has 0 saturated heterocycles. The number of rotatable bonds is 8. The predicted molar refractivity (Wildman–Crippen MR) is 94.6 cm³/mol. The van der Waals surface area contributed by atoms with E-state index in [1.165, 1.54) is 10.9 Å². The second-order valence-corrected chi connectivity index (χ2v) is 5.20. The number of carbonyl (C=O) groups excluding carboxylic acids is 1. The fourth-order valence-electron chi connectivity index (χ4n) is 2.12. The van der Waals surface area contributed by atoms with E-state index in [2.05, 4.69) is 15.7 Å². The van der Waals surface area contributed by atoms with Crippen LogP contribution in [0.25, 0.3) is 0 Å². The van der Waals surface area contributed by atoms with Gasteiger partial charge in [-0.1, -0.05) is 0 Å². The zero-order valence-electron chi connectivity index (χ0n) is 14.5. The first-order chi connectivity index (χ1) is 12.1. The summed E-state index contributed by atoms with van der Waals surface area (Å²) < 4.78 is 11.6.